The highest BCUT2D eigenvalue weighted by Crippen LogP contribution is 2.43. The summed E-state index contributed by atoms with van der Waals surface area (Å²) in [5, 5.41) is 12.7. The number of para-hydroxylation sites is 1. The van der Waals surface area contributed by atoms with Crippen molar-refractivity contribution in [3.05, 3.63) is 74.2 Å². The monoisotopic (exact) mass is 445 g/mol. The van der Waals surface area contributed by atoms with Gasteiger partial charge in [0, 0.05) is 7.05 Å². The first kappa shape index (κ1) is 21.3. The minimum absolute atomic E-state index is 0.0919. The molecule has 1 fully saturated rings. The summed E-state index contributed by atoms with van der Waals surface area (Å²) in [6.07, 6.45) is 0.388. The number of carbonyl (C=O) groups excluding carboxylic acids is 2. The van der Waals surface area contributed by atoms with Crippen molar-refractivity contribution in [1.82, 2.24) is 5.32 Å². The summed E-state index contributed by atoms with van der Waals surface area (Å²) in [7, 11) is 1.45. The van der Waals surface area contributed by atoms with Gasteiger partial charge in [0.25, 0.3) is 5.91 Å². The zero-order valence-electron chi connectivity index (χ0n) is 15.7. The van der Waals surface area contributed by atoms with Gasteiger partial charge in [0.15, 0.2) is 0 Å². The zero-order valence-corrected chi connectivity index (χ0v) is 18.0. The van der Waals surface area contributed by atoms with Crippen LogP contribution in [0.25, 0.3) is 0 Å². The van der Waals surface area contributed by atoms with Crippen LogP contribution < -0.4 is 10.2 Å². The van der Waals surface area contributed by atoms with Crippen molar-refractivity contribution < 1.29 is 9.59 Å². The van der Waals surface area contributed by atoms with Crippen molar-refractivity contribution in [2.75, 3.05) is 11.9 Å². The lowest BCUT2D eigenvalue weighted by Gasteiger charge is -2.20. The number of nitrogens with one attached hydrogen (secondary N) is 1. The summed E-state index contributed by atoms with van der Waals surface area (Å²) in [5.41, 5.74) is 2.26. The number of halogens is 2. The van der Waals surface area contributed by atoms with E-state index < -0.39 is 11.2 Å². The van der Waals surface area contributed by atoms with Gasteiger partial charge in [-0.15, -0.1) is 0 Å². The topological polar surface area (TPSA) is 73.2 Å². The van der Waals surface area contributed by atoms with Gasteiger partial charge in [-0.25, -0.2) is 0 Å². The van der Waals surface area contributed by atoms with Crippen molar-refractivity contribution in [1.29, 1.82) is 5.26 Å². The van der Waals surface area contributed by atoms with Crippen LogP contribution in [0.2, 0.25) is 10.0 Å². The Kier molecular flexibility index (Phi) is 6.53. The summed E-state index contributed by atoms with van der Waals surface area (Å²) >= 11 is 13.3. The summed E-state index contributed by atoms with van der Waals surface area (Å²) in [5.74, 6) is -0.724. The molecule has 1 unspecified atom stereocenters. The van der Waals surface area contributed by atoms with Crippen LogP contribution in [0.5, 0.6) is 0 Å². The fourth-order valence-corrected chi connectivity index (χ4v) is 4.65. The van der Waals surface area contributed by atoms with Gasteiger partial charge in [0.05, 0.1) is 21.0 Å². The van der Waals surface area contributed by atoms with Gasteiger partial charge < -0.3 is 5.32 Å². The second-order valence-corrected chi connectivity index (χ2v) is 8.40. The maximum atomic E-state index is 13.3. The van der Waals surface area contributed by atoms with E-state index >= 15 is 0 Å². The lowest BCUT2D eigenvalue weighted by Crippen LogP contribution is -2.31. The number of aryl methyl sites for hydroxylation is 1. The fourth-order valence-electron chi connectivity index (χ4n) is 3.03. The number of hydrogen-bond donors (Lipinski definition) is 1. The molecule has 0 saturated carbocycles. The molecule has 0 aliphatic carbocycles. The highest BCUT2D eigenvalue weighted by atomic mass is 35.5. The average molecular weight is 446 g/mol. The van der Waals surface area contributed by atoms with Gasteiger partial charge in [-0.2, -0.15) is 5.26 Å². The molecule has 1 aliphatic heterocycles. The molecule has 0 radical (unpaired) electrons. The number of nitriles is 1. The van der Waals surface area contributed by atoms with Crippen molar-refractivity contribution in [3.8, 4) is 6.07 Å². The number of anilines is 1. The number of amides is 2. The Labute approximate surface area is 183 Å². The molecule has 0 spiro atoms. The number of thioether (sulfide) groups is 1. The van der Waals surface area contributed by atoms with Crippen molar-refractivity contribution in [3.63, 3.8) is 0 Å². The van der Waals surface area contributed by atoms with Gasteiger partial charge in [-0.05, 0) is 42.7 Å². The standard InChI is InChI=1S/C21H17Cl2N3O2S/c1-12-5-3-4-6-17(12)26-20(28)18(10-13-7-8-15(22)16(23)9-13)29-21(26)14(11-24)19(27)25-2/h3-9,18H,10H2,1-2H3,(H,25,27). The second-order valence-electron chi connectivity index (χ2n) is 6.39. The summed E-state index contributed by atoms with van der Waals surface area (Å²) in [6.45, 7) is 1.88. The van der Waals surface area contributed by atoms with Crippen LogP contribution in [-0.2, 0) is 16.0 Å². The molecular weight excluding hydrogens is 429 g/mol. The third-order valence-corrected chi connectivity index (χ3v) is 6.50. The van der Waals surface area contributed by atoms with Gasteiger partial charge in [-0.3, -0.25) is 14.5 Å². The van der Waals surface area contributed by atoms with Crippen molar-refractivity contribution >= 4 is 52.5 Å². The molecule has 1 N–H and O–H groups in total. The van der Waals surface area contributed by atoms with Crippen LogP contribution in [0, 0.1) is 18.3 Å². The number of carbonyl (C=O) groups is 2. The number of benzene rings is 2. The van der Waals surface area contributed by atoms with E-state index in [1.165, 1.54) is 23.7 Å². The normalized spacial score (nSPS) is 17.8. The number of hydrogen-bond acceptors (Lipinski definition) is 4. The van der Waals surface area contributed by atoms with Crippen LogP contribution in [0.3, 0.4) is 0 Å². The van der Waals surface area contributed by atoms with Gasteiger partial charge >= 0.3 is 0 Å². The Morgan fingerprint density at radius 1 is 1.24 bits per heavy atom. The molecule has 1 aliphatic rings. The third-order valence-electron chi connectivity index (χ3n) is 4.49. The van der Waals surface area contributed by atoms with Crippen LogP contribution in [-0.4, -0.2) is 24.1 Å². The van der Waals surface area contributed by atoms with Gasteiger partial charge in [0.2, 0.25) is 5.91 Å². The Hall–Kier alpha value is -2.46. The molecule has 2 aromatic carbocycles. The maximum Gasteiger partial charge on any atom is 0.264 e. The molecule has 2 amide bonds. The lowest BCUT2D eigenvalue weighted by atomic mass is 10.1. The summed E-state index contributed by atoms with van der Waals surface area (Å²) in [4.78, 5) is 27.1. The first-order valence-corrected chi connectivity index (χ1v) is 10.4. The Bertz CT molecular complexity index is 1060. The predicted octanol–water partition coefficient (Wildman–Crippen LogP) is 4.47. The molecule has 1 atom stereocenters. The number of nitrogens with zero attached hydrogens (tertiary/aromatic N) is 2. The molecule has 3 rings (SSSR count). The van der Waals surface area contributed by atoms with E-state index in [1.807, 2.05) is 37.3 Å². The highest BCUT2D eigenvalue weighted by molar-refractivity contribution is 8.05. The van der Waals surface area contributed by atoms with E-state index in [2.05, 4.69) is 5.32 Å². The maximum absolute atomic E-state index is 13.3. The van der Waals surface area contributed by atoms with Gasteiger partial charge in [-0.1, -0.05) is 59.2 Å². The van der Waals surface area contributed by atoms with Crippen LogP contribution in [0.4, 0.5) is 5.69 Å². The largest absolute Gasteiger partial charge is 0.354 e. The molecule has 1 saturated heterocycles. The molecule has 0 aromatic heterocycles. The Balaban J connectivity index is 2.07. The van der Waals surface area contributed by atoms with E-state index in [-0.39, 0.29) is 11.5 Å². The van der Waals surface area contributed by atoms with Crippen LogP contribution in [0.1, 0.15) is 11.1 Å². The van der Waals surface area contributed by atoms with Crippen molar-refractivity contribution in [2.45, 2.75) is 18.6 Å². The molecule has 0 bridgehead atoms. The average Bonchev–Trinajstić information content (AvgIpc) is 3.01. The first-order chi connectivity index (χ1) is 13.9. The van der Waals surface area contributed by atoms with Crippen molar-refractivity contribution in [2.24, 2.45) is 0 Å². The van der Waals surface area contributed by atoms with E-state index in [0.29, 0.717) is 27.2 Å². The molecule has 1 heterocycles. The zero-order chi connectivity index (χ0) is 21.1. The summed E-state index contributed by atoms with van der Waals surface area (Å²) < 4.78 is 0. The second kappa shape index (κ2) is 8.91. The third kappa shape index (κ3) is 4.27. The smallest absolute Gasteiger partial charge is 0.264 e. The Morgan fingerprint density at radius 2 is 1.97 bits per heavy atom. The Morgan fingerprint density at radius 3 is 2.59 bits per heavy atom. The highest BCUT2D eigenvalue weighted by Gasteiger charge is 2.41. The lowest BCUT2D eigenvalue weighted by molar-refractivity contribution is -0.117. The SMILES string of the molecule is CNC(=O)C(C#N)=C1SC(Cc2ccc(Cl)c(Cl)c2)C(=O)N1c1ccccc1C. The summed E-state index contributed by atoms with van der Waals surface area (Å²) in [6, 6.07) is 14.5. The number of likely N-dealkylation sites (N-methyl/N-ethyl adjacent to an activating group) is 1. The first-order valence-electron chi connectivity index (χ1n) is 8.74. The molecular formula is C21H17Cl2N3O2S. The van der Waals surface area contributed by atoms with E-state index in [9.17, 15) is 14.9 Å². The minimum atomic E-state index is -0.531. The molecule has 29 heavy (non-hydrogen) atoms. The predicted molar refractivity (Wildman–Crippen MR) is 117 cm³/mol. The molecule has 2 aromatic rings. The molecule has 148 valence electrons. The van der Waals surface area contributed by atoms with Gasteiger partial charge in [0.1, 0.15) is 16.7 Å². The van der Waals surface area contributed by atoms with E-state index in [0.717, 1.165) is 11.1 Å². The van der Waals surface area contributed by atoms with E-state index in [1.54, 1.807) is 18.2 Å². The quantitative estimate of drug-likeness (QED) is 0.556. The van der Waals surface area contributed by atoms with E-state index in [4.69, 9.17) is 23.2 Å². The van der Waals surface area contributed by atoms with Crippen LogP contribution in [0.15, 0.2) is 53.1 Å². The minimum Gasteiger partial charge on any atom is -0.354 e. The molecule has 5 nitrogen and oxygen atoms in total. The fraction of sp³-hybridized carbons (Fsp3) is 0.190. The number of rotatable bonds is 4. The van der Waals surface area contributed by atoms with Crippen LogP contribution >= 0.6 is 35.0 Å². The molecule has 8 heteroatoms.